The van der Waals surface area contributed by atoms with E-state index < -0.39 is 0 Å². The third-order valence-electron chi connectivity index (χ3n) is 4.26. The first kappa shape index (κ1) is 17.0. The van der Waals surface area contributed by atoms with Crippen LogP contribution in [0.5, 0.6) is 0 Å². The van der Waals surface area contributed by atoms with E-state index in [1.807, 2.05) is 79.2 Å². The van der Waals surface area contributed by atoms with Crippen molar-refractivity contribution in [1.82, 2.24) is 9.78 Å². The fraction of sp³-hybridized carbons (Fsp3) is 0.238. The van der Waals surface area contributed by atoms with Gasteiger partial charge < -0.3 is 4.74 Å². The molecule has 0 spiro atoms. The molecule has 128 valence electrons. The van der Waals surface area contributed by atoms with Gasteiger partial charge in [0.05, 0.1) is 11.4 Å². The molecule has 3 aromatic rings. The topological polar surface area (TPSA) is 44.1 Å². The van der Waals surface area contributed by atoms with Crippen LogP contribution in [0, 0.1) is 13.8 Å². The van der Waals surface area contributed by atoms with E-state index in [4.69, 9.17) is 4.74 Å². The van der Waals surface area contributed by atoms with Gasteiger partial charge in [-0.25, -0.2) is 4.68 Å². The molecule has 25 heavy (non-hydrogen) atoms. The van der Waals surface area contributed by atoms with Crippen LogP contribution in [0.2, 0.25) is 0 Å². The predicted octanol–water partition coefficient (Wildman–Crippen LogP) is 4.17. The van der Waals surface area contributed by atoms with Crippen molar-refractivity contribution < 1.29 is 9.53 Å². The molecular formula is C21H22N2O2. The minimum Gasteiger partial charge on any atom is -0.461 e. The van der Waals surface area contributed by atoms with Crippen molar-refractivity contribution in [3.8, 4) is 5.69 Å². The summed E-state index contributed by atoms with van der Waals surface area (Å²) < 4.78 is 7.29. The molecule has 0 aliphatic rings. The number of nitrogens with zero attached hydrogens (tertiary/aromatic N) is 2. The van der Waals surface area contributed by atoms with Crippen LogP contribution in [0.1, 0.15) is 28.9 Å². The van der Waals surface area contributed by atoms with Crippen LogP contribution < -0.4 is 0 Å². The summed E-state index contributed by atoms with van der Waals surface area (Å²) in [6.45, 7) is 4.34. The van der Waals surface area contributed by atoms with Gasteiger partial charge in [-0.3, -0.25) is 4.79 Å². The minimum atomic E-state index is -0.185. The normalized spacial score (nSPS) is 10.6. The maximum absolute atomic E-state index is 12.0. The number of carbonyl (C=O) groups is 1. The lowest BCUT2D eigenvalue weighted by Gasteiger charge is -2.06. The Bertz CT molecular complexity index is 839. The van der Waals surface area contributed by atoms with Crippen molar-refractivity contribution in [2.75, 3.05) is 0 Å². The number of aryl methyl sites for hydroxylation is 1. The van der Waals surface area contributed by atoms with E-state index in [1.54, 1.807) is 0 Å². The standard InChI is InChI=1S/C21H22N2O2/c1-16-20(17(2)23(22-16)19-11-7-4-8-12-19)13-14-21(24)25-15-18-9-5-3-6-10-18/h3-12H,13-15H2,1-2H3. The van der Waals surface area contributed by atoms with Crippen LogP contribution >= 0.6 is 0 Å². The molecule has 1 heterocycles. The molecular weight excluding hydrogens is 312 g/mol. The molecule has 0 N–H and O–H groups in total. The Labute approximate surface area is 148 Å². The molecule has 0 radical (unpaired) electrons. The monoisotopic (exact) mass is 334 g/mol. The molecule has 1 aromatic heterocycles. The smallest absolute Gasteiger partial charge is 0.306 e. The second kappa shape index (κ2) is 7.79. The average molecular weight is 334 g/mol. The van der Waals surface area contributed by atoms with Gasteiger partial charge >= 0.3 is 5.97 Å². The van der Waals surface area contributed by atoms with Gasteiger partial charge in [0.25, 0.3) is 0 Å². The van der Waals surface area contributed by atoms with Crippen molar-refractivity contribution in [2.24, 2.45) is 0 Å². The lowest BCUT2D eigenvalue weighted by Crippen LogP contribution is -2.07. The molecule has 3 rings (SSSR count). The Morgan fingerprint density at radius 3 is 2.32 bits per heavy atom. The fourth-order valence-corrected chi connectivity index (χ4v) is 2.89. The van der Waals surface area contributed by atoms with E-state index in [0.717, 1.165) is 28.2 Å². The van der Waals surface area contributed by atoms with Gasteiger partial charge in [0.1, 0.15) is 6.61 Å². The Morgan fingerprint density at radius 2 is 1.64 bits per heavy atom. The third-order valence-corrected chi connectivity index (χ3v) is 4.26. The van der Waals surface area contributed by atoms with E-state index in [9.17, 15) is 4.79 Å². The Hall–Kier alpha value is -2.88. The van der Waals surface area contributed by atoms with Crippen molar-refractivity contribution in [1.29, 1.82) is 0 Å². The maximum atomic E-state index is 12.0. The summed E-state index contributed by atoms with van der Waals surface area (Å²) in [7, 11) is 0. The summed E-state index contributed by atoms with van der Waals surface area (Å²) in [4.78, 5) is 12.0. The number of aromatic nitrogens is 2. The highest BCUT2D eigenvalue weighted by molar-refractivity contribution is 5.69. The number of hydrogen-bond donors (Lipinski definition) is 0. The summed E-state index contributed by atoms with van der Waals surface area (Å²) in [5.41, 5.74) is 5.17. The van der Waals surface area contributed by atoms with Crippen molar-refractivity contribution >= 4 is 5.97 Å². The zero-order valence-electron chi connectivity index (χ0n) is 14.6. The highest BCUT2D eigenvalue weighted by Gasteiger charge is 2.14. The molecule has 0 saturated heterocycles. The molecule has 0 atom stereocenters. The highest BCUT2D eigenvalue weighted by atomic mass is 16.5. The number of ether oxygens (including phenoxy) is 1. The molecule has 0 amide bonds. The van der Waals surface area contributed by atoms with Gasteiger partial charge in [0.2, 0.25) is 0 Å². The quantitative estimate of drug-likeness (QED) is 0.636. The molecule has 0 fully saturated rings. The van der Waals surface area contributed by atoms with Gasteiger partial charge in [-0.15, -0.1) is 0 Å². The molecule has 0 unspecified atom stereocenters. The fourth-order valence-electron chi connectivity index (χ4n) is 2.89. The lowest BCUT2D eigenvalue weighted by molar-refractivity contribution is -0.144. The SMILES string of the molecule is Cc1nn(-c2ccccc2)c(C)c1CCC(=O)OCc1ccccc1. The maximum Gasteiger partial charge on any atom is 0.306 e. The van der Waals surface area contributed by atoms with E-state index in [2.05, 4.69) is 5.10 Å². The van der Waals surface area contributed by atoms with E-state index in [-0.39, 0.29) is 5.97 Å². The van der Waals surface area contributed by atoms with Gasteiger partial charge in [-0.1, -0.05) is 48.5 Å². The van der Waals surface area contributed by atoms with Crippen molar-refractivity contribution in [2.45, 2.75) is 33.3 Å². The van der Waals surface area contributed by atoms with Crippen LogP contribution in [0.3, 0.4) is 0 Å². The van der Waals surface area contributed by atoms with Crippen molar-refractivity contribution in [3.63, 3.8) is 0 Å². The van der Waals surface area contributed by atoms with E-state index >= 15 is 0 Å². The highest BCUT2D eigenvalue weighted by Crippen LogP contribution is 2.19. The van der Waals surface area contributed by atoms with E-state index in [1.165, 1.54) is 0 Å². The Kier molecular flexibility index (Phi) is 5.29. The second-order valence-electron chi connectivity index (χ2n) is 6.04. The van der Waals surface area contributed by atoms with Gasteiger partial charge in [-0.05, 0) is 43.5 Å². The van der Waals surface area contributed by atoms with Gasteiger partial charge in [0, 0.05) is 12.1 Å². The largest absolute Gasteiger partial charge is 0.461 e. The molecule has 4 nitrogen and oxygen atoms in total. The van der Waals surface area contributed by atoms with Crippen molar-refractivity contribution in [3.05, 3.63) is 83.2 Å². The summed E-state index contributed by atoms with van der Waals surface area (Å²) in [5, 5.41) is 4.62. The van der Waals surface area contributed by atoms with Crippen LogP contribution in [0.15, 0.2) is 60.7 Å². The zero-order valence-corrected chi connectivity index (χ0v) is 14.6. The predicted molar refractivity (Wildman–Crippen MR) is 97.6 cm³/mol. The number of hydrogen-bond acceptors (Lipinski definition) is 3. The molecule has 0 aliphatic carbocycles. The number of carbonyl (C=O) groups excluding carboxylic acids is 1. The number of benzene rings is 2. The number of para-hydroxylation sites is 1. The first-order valence-electron chi connectivity index (χ1n) is 8.45. The summed E-state index contributed by atoms with van der Waals surface area (Å²) in [6, 6.07) is 19.7. The first-order chi connectivity index (χ1) is 12.1. The molecule has 2 aromatic carbocycles. The summed E-state index contributed by atoms with van der Waals surface area (Å²) >= 11 is 0. The van der Waals surface area contributed by atoms with Crippen LogP contribution in [0.4, 0.5) is 0 Å². The average Bonchev–Trinajstić information content (AvgIpc) is 2.94. The third kappa shape index (κ3) is 4.15. The van der Waals surface area contributed by atoms with Gasteiger partial charge in [-0.2, -0.15) is 5.10 Å². The minimum absolute atomic E-state index is 0.185. The van der Waals surface area contributed by atoms with Crippen LogP contribution in [-0.4, -0.2) is 15.7 Å². The molecule has 4 heteroatoms. The Morgan fingerprint density at radius 1 is 1.00 bits per heavy atom. The number of esters is 1. The number of rotatable bonds is 6. The molecule has 0 saturated carbocycles. The van der Waals surface area contributed by atoms with Crippen LogP contribution in [-0.2, 0) is 22.6 Å². The van der Waals surface area contributed by atoms with Gasteiger partial charge in [0.15, 0.2) is 0 Å². The van der Waals surface area contributed by atoms with E-state index in [0.29, 0.717) is 19.4 Å². The zero-order chi connectivity index (χ0) is 17.6. The summed E-state index contributed by atoms with van der Waals surface area (Å²) in [6.07, 6.45) is 0.993. The van der Waals surface area contributed by atoms with Crippen LogP contribution in [0.25, 0.3) is 5.69 Å². The molecule has 0 bridgehead atoms. The second-order valence-corrected chi connectivity index (χ2v) is 6.04. The first-order valence-corrected chi connectivity index (χ1v) is 8.45. The lowest BCUT2D eigenvalue weighted by atomic mass is 10.1. The summed E-state index contributed by atoms with van der Waals surface area (Å²) in [5.74, 6) is -0.185. The Balaban J connectivity index is 1.61. The molecule has 0 aliphatic heterocycles.